The van der Waals surface area contributed by atoms with E-state index in [4.69, 9.17) is 13.8 Å². The van der Waals surface area contributed by atoms with Gasteiger partial charge in [0.2, 0.25) is 5.71 Å². The molecule has 5 nitrogen and oxygen atoms in total. The van der Waals surface area contributed by atoms with Crippen molar-refractivity contribution in [1.29, 1.82) is 0 Å². The molecule has 0 atom stereocenters. The number of aromatic nitrogens is 1. The smallest absolute Gasteiger partial charge is 0.219 e. The van der Waals surface area contributed by atoms with Gasteiger partial charge in [0.05, 0.1) is 5.76 Å². The van der Waals surface area contributed by atoms with Crippen molar-refractivity contribution >= 4 is 38.6 Å². The van der Waals surface area contributed by atoms with Gasteiger partial charge >= 0.3 is 0 Å². The Balaban J connectivity index is 0.000000347. The molecule has 6 rings (SSSR count). The number of rotatable bonds is 11. The van der Waals surface area contributed by atoms with Crippen LogP contribution in [-0.2, 0) is 36.7 Å². The summed E-state index contributed by atoms with van der Waals surface area (Å²) in [4.78, 5) is 16.7. The van der Waals surface area contributed by atoms with Crippen LogP contribution in [0.2, 0.25) is 0 Å². The normalized spacial score (nSPS) is 12.2. The number of carbonyl (C=O) groups excluding carboxylic acids is 1. The minimum atomic E-state index is -0.0203. The number of hydrogen-bond acceptors (Lipinski definition) is 5. The van der Waals surface area contributed by atoms with E-state index in [1.54, 1.807) is 0 Å². The van der Waals surface area contributed by atoms with Crippen molar-refractivity contribution in [3.8, 4) is 22.4 Å². The maximum atomic E-state index is 11.7. The average molecular weight is 905 g/mol. The molecule has 3 aromatic carbocycles. The minimum Gasteiger partial charge on any atom is -0.512 e. The third-order valence-corrected chi connectivity index (χ3v) is 10.5. The number of aliphatic hydroxyl groups is 1. The van der Waals surface area contributed by atoms with Gasteiger partial charge < -0.3 is 13.9 Å². The molecule has 0 saturated carbocycles. The van der Waals surface area contributed by atoms with E-state index in [2.05, 4.69) is 108 Å². The molecule has 0 unspecified atom stereocenters. The molecule has 0 saturated heterocycles. The number of carbonyl (C=O) groups is 1. The van der Waals surface area contributed by atoms with Crippen molar-refractivity contribution in [2.45, 2.75) is 114 Å². The van der Waals surface area contributed by atoms with Gasteiger partial charge in [-0.3, -0.25) is 9.78 Å². The van der Waals surface area contributed by atoms with E-state index in [9.17, 15) is 9.90 Å². The van der Waals surface area contributed by atoms with Gasteiger partial charge in [0.1, 0.15) is 17.1 Å². The molecule has 6 heteroatoms. The van der Waals surface area contributed by atoms with Gasteiger partial charge in [0, 0.05) is 60.0 Å². The molecule has 0 bridgehead atoms. The average Bonchev–Trinajstić information content (AvgIpc) is 3.65. The molecule has 0 spiro atoms. The van der Waals surface area contributed by atoms with Gasteiger partial charge in [-0.25, -0.2) is 0 Å². The number of aliphatic hydroxyl groups excluding tert-OH is 1. The Bertz CT molecular complexity index is 2240. The van der Waals surface area contributed by atoms with Crippen molar-refractivity contribution in [3.63, 3.8) is 0 Å². The standard InChI is InChI=1S/C35H34NO2.C13H24O2.Ir/c1-20(2)14-28-22(4)38-33-18-24(12-13-27(28)33)29-19-32(36-34-30(29)15-21(3)37-34)25-16-23-10-8-9-11-26(23)31(17-25)35(5,6)7;1-5-10(6-2)12(14)9-13(15)11(7-3)8-4;/h8-13,15,17-20H,14H2,1-7H3;9-11,14H,5-8H2,1-4H3;/q-1;;/b;12-9-;. The van der Waals surface area contributed by atoms with Crippen molar-refractivity contribution in [2.24, 2.45) is 17.8 Å². The zero-order chi connectivity index (χ0) is 38.6. The van der Waals surface area contributed by atoms with E-state index in [0.717, 1.165) is 82.4 Å². The molecule has 6 aromatic rings. The zero-order valence-corrected chi connectivity index (χ0v) is 36.5. The van der Waals surface area contributed by atoms with E-state index in [1.807, 2.05) is 34.6 Å². The molecule has 0 aliphatic carbocycles. The Morgan fingerprint density at radius 3 is 2.15 bits per heavy atom. The summed E-state index contributed by atoms with van der Waals surface area (Å²) in [7, 11) is 0. The van der Waals surface area contributed by atoms with Crippen molar-refractivity contribution in [3.05, 3.63) is 101 Å². The molecular weight excluding hydrogens is 847 g/mol. The Morgan fingerprint density at radius 1 is 0.852 bits per heavy atom. The quantitative estimate of drug-likeness (QED) is 0.0796. The molecule has 3 heterocycles. The zero-order valence-electron chi connectivity index (χ0n) is 34.1. The Labute approximate surface area is 336 Å². The molecule has 1 N–H and O–H groups in total. The monoisotopic (exact) mass is 905 g/mol. The first-order valence-electron chi connectivity index (χ1n) is 19.5. The van der Waals surface area contributed by atoms with Crippen molar-refractivity contribution in [1.82, 2.24) is 4.98 Å². The molecule has 3 aromatic heterocycles. The predicted molar refractivity (Wildman–Crippen MR) is 222 cm³/mol. The molecule has 0 fully saturated rings. The fraction of sp³-hybridized carbons (Fsp3) is 0.417. The molecular formula is C48H58IrNO4-. The summed E-state index contributed by atoms with van der Waals surface area (Å²) in [5, 5.41) is 14.3. The van der Waals surface area contributed by atoms with E-state index < -0.39 is 0 Å². The van der Waals surface area contributed by atoms with E-state index in [1.165, 1.54) is 28.0 Å². The van der Waals surface area contributed by atoms with Crippen LogP contribution < -0.4 is 0 Å². The first kappa shape index (κ1) is 42.7. The molecule has 54 heavy (non-hydrogen) atoms. The largest absolute Gasteiger partial charge is 0.512 e. The van der Waals surface area contributed by atoms with Crippen molar-refractivity contribution < 1.29 is 38.8 Å². The van der Waals surface area contributed by atoms with E-state index in [0.29, 0.717) is 11.6 Å². The minimum absolute atomic E-state index is 0. The fourth-order valence-electron chi connectivity index (χ4n) is 7.38. The van der Waals surface area contributed by atoms with E-state index >= 15 is 0 Å². The van der Waals surface area contributed by atoms with Gasteiger partial charge in [0.25, 0.3) is 0 Å². The van der Waals surface area contributed by atoms with Crippen LogP contribution in [0.5, 0.6) is 0 Å². The van der Waals surface area contributed by atoms with Crippen LogP contribution in [0.4, 0.5) is 0 Å². The number of hydrogen-bond donors (Lipinski definition) is 1. The molecule has 0 aliphatic rings. The van der Waals surface area contributed by atoms with Crippen LogP contribution >= 0.6 is 0 Å². The molecule has 0 amide bonds. The van der Waals surface area contributed by atoms with Gasteiger partial charge in [-0.2, -0.15) is 0 Å². The summed E-state index contributed by atoms with van der Waals surface area (Å²) in [6, 6.07) is 25.2. The van der Waals surface area contributed by atoms with Crippen LogP contribution in [0.3, 0.4) is 0 Å². The third kappa shape index (κ3) is 9.44. The number of allylic oxidation sites excluding steroid dienone is 2. The van der Waals surface area contributed by atoms with E-state index in [-0.39, 0.29) is 48.9 Å². The summed E-state index contributed by atoms with van der Waals surface area (Å²) in [6.45, 7) is 23.4. The first-order chi connectivity index (χ1) is 25.2. The number of furan rings is 2. The summed E-state index contributed by atoms with van der Waals surface area (Å²) in [5.74, 6) is 2.97. The number of ketones is 1. The second-order valence-corrected chi connectivity index (χ2v) is 16.0. The molecule has 1 radical (unpaired) electrons. The molecule has 0 aliphatic heterocycles. The van der Waals surface area contributed by atoms with Gasteiger partial charge in [-0.05, 0) is 80.5 Å². The van der Waals surface area contributed by atoms with Crippen molar-refractivity contribution in [2.75, 3.05) is 0 Å². The second kappa shape index (κ2) is 18.1. The first-order valence-corrected chi connectivity index (χ1v) is 19.5. The number of fused-ring (bicyclic) bond motifs is 3. The van der Waals surface area contributed by atoms with Gasteiger partial charge in [0.15, 0.2) is 5.78 Å². The summed E-state index contributed by atoms with van der Waals surface area (Å²) in [5.41, 5.74) is 8.14. The maximum absolute atomic E-state index is 11.7. The summed E-state index contributed by atoms with van der Waals surface area (Å²) in [6.07, 6.45) is 5.92. The van der Waals surface area contributed by atoms with Crippen LogP contribution in [0.1, 0.15) is 111 Å². The molecule has 289 valence electrons. The summed E-state index contributed by atoms with van der Waals surface area (Å²) < 4.78 is 12.3. The van der Waals surface area contributed by atoms with Gasteiger partial charge in [-0.1, -0.05) is 110 Å². The maximum Gasteiger partial charge on any atom is 0.219 e. The Kier molecular flexibility index (Phi) is 14.3. The number of pyridine rings is 1. The summed E-state index contributed by atoms with van der Waals surface area (Å²) >= 11 is 0. The third-order valence-electron chi connectivity index (χ3n) is 10.5. The van der Waals surface area contributed by atoms with Crippen LogP contribution in [-0.4, -0.2) is 15.9 Å². The second-order valence-electron chi connectivity index (χ2n) is 16.0. The Hall–Kier alpha value is -3.99. The van der Waals surface area contributed by atoms with Crippen LogP contribution in [0, 0.1) is 37.7 Å². The number of aryl methyl sites for hydroxylation is 2. The topological polar surface area (TPSA) is 76.5 Å². The number of benzene rings is 3. The van der Waals surface area contributed by atoms with Crippen LogP contribution in [0.25, 0.3) is 55.2 Å². The van der Waals surface area contributed by atoms with Gasteiger partial charge in [-0.15, -0.1) is 29.1 Å². The SMILES string of the molecule is CCC(CC)C(=O)/C=C(\O)C(CC)CC.Cc1cc2c(-c3ccc4c(CC(C)C)c(C)oc4c3)cc(-c3[c-]c4ccccc4c(C(C)(C)C)c3)nc2o1.[Ir]. The number of nitrogens with zero attached hydrogens (tertiary/aromatic N) is 1. The Morgan fingerprint density at radius 2 is 1.52 bits per heavy atom. The predicted octanol–water partition coefficient (Wildman–Crippen LogP) is 13.8. The van der Waals surface area contributed by atoms with Crippen LogP contribution in [0.15, 0.2) is 81.3 Å². The fourth-order valence-corrected chi connectivity index (χ4v) is 7.38.